The average Bonchev–Trinajstić information content (AvgIpc) is 3.55. The number of hydrogen-bond acceptors (Lipinski definition) is 8. The molecule has 2 heterocycles. The zero-order chi connectivity index (χ0) is 35.0. The number of fused-ring (bicyclic) bond motifs is 1. The van der Waals surface area contributed by atoms with E-state index in [0.29, 0.717) is 63.4 Å². The highest BCUT2D eigenvalue weighted by Crippen LogP contribution is 2.49. The molecule has 2 aromatic rings. The van der Waals surface area contributed by atoms with E-state index >= 15 is 0 Å². The average molecular weight is 705 g/mol. The topological polar surface area (TPSA) is 73.8 Å². The first-order valence-corrected chi connectivity index (χ1v) is 19.2. The number of hydrogen-bond donors (Lipinski definition) is 0. The van der Waals surface area contributed by atoms with Gasteiger partial charge in [0.15, 0.2) is 0 Å². The zero-order valence-electron chi connectivity index (χ0n) is 30.8. The summed E-state index contributed by atoms with van der Waals surface area (Å²) in [5.41, 5.74) is 3.94. The second-order valence-electron chi connectivity index (χ2n) is 13.1. The van der Waals surface area contributed by atoms with Gasteiger partial charge in [-0.15, -0.1) is 0 Å². The molecule has 2 unspecified atom stereocenters. The Morgan fingerprint density at radius 3 is 2.00 bits per heavy atom. The van der Waals surface area contributed by atoms with Crippen molar-refractivity contribution in [3.8, 4) is 11.5 Å². The lowest BCUT2D eigenvalue weighted by atomic mass is 9.85. The third-order valence-corrected chi connectivity index (χ3v) is 9.68. The smallest absolute Gasteiger partial charge is 0.144 e. The van der Waals surface area contributed by atoms with Crippen LogP contribution in [0.2, 0.25) is 5.02 Å². The molecule has 2 aliphatic heterocycles. The maximum atomic E-state index is 7.16. The lowest BCUT2D eigenvalue weighted by Crippen LogP contribution is -2.58. The maximum Gasteiger partial charge on any atom is 0.144 e. The Bertz CT molecular complexity index is 1220. The van der Waals surface area contributed by atoms with Gasteiger partial charge in [-0.25, -0.2) is 0 Å². The highest BCUT2D eigenvalue weighted by Gasteiger charge is 2.50. The van der Waals surface area contributed by atoms with E-state index in [4.69, 9.17) is 49.5 Å². The van der Waals surface area contributed by atoms with Crippen molar-refractivity contribution in [2.24, 2.45) is 0 Å². The molecule has 0 saturated carbocycles. The molecule has 0 aliphatic carbocycles. The molecule has 0 spiro atoms. The van der Waals surface area contributed by atoms with Crippen LogP contribution in [-0.4, -0.2) is 77.8 Å². The first-order valence-electron chi connectivity index (χ1n) is 18.8. The van der Waals surface area contributed by atoms with Gasteiger partial charge >= 0.3 is 0 Å². The van der Waals surface area contributed by atoms with Gasteiger partial charge < -0.3 is 37.9 Å². The largest absolute Gasteiger partial charge is 0.494 e. The van der Waals surface area contributed by atoms with E-state index in [2.05, 4.69) is 45.9 Å². The summed E-state index contributed by atoms with van der Waals surface area (Å²) in [5, 5.41) is 0.599. The lowest BCUT2D eigenvalue weighted by molar-refractivity contribution is -0.268. The summed E-state index contributed by atoms with van der Waals surface area (Å²) in [6.45, 7) is 14.6. The fraction of sp³-hybridized carbons (Fsp3) is 0.700. The summed E-state index contributed by atoms with van der Waals surface area (Å²) in [7, 11) is 1.71. The van der Waals surface area contributed by atoms with E-state index in [1.54, 1.807) is 7.11 Å². The maximum absolute atomic E-state index is 7.16. The first kappa shape index (κ1) is 39.9. The van der Waals surface area contributed by atoms with Gasteiger partial charge in [-0.2, -0.15) is 0 Å². The lowest BCUT2D eigenvalue weighted by Gasteiger charge is -2.47. The molecule has 0 amide bonds. The summed E-state index contributed by atoms with van der Waals surface area (Å²) < 4.78 is 51.6. The van der Waals surface area contributed by atoms with E-state index in [1.807, 2.05) is 19.1 Å². The molecule has 49 heavy (non-hydrogen) atoms. The van der Waals surface area contributed by atoms with Crippen LogP contribution in [0.4, 0.5) is 0 Å². The molecule has 6 atom stereocenters. The number of ether oxygens (including phenoxy) is 8. The summed E-state index contributed by atoms with van der Waals surface area (Å²) in [4.78, 5) is 0. The fourth-order valence-corrected chi connectivity index (χ4v) is 6.77. The van der Waals surface area contributed by atoms with Gasteiger partial charge in [0.1, 0.15) is 54.7 Å². The molecular formula is C40H61ClO8. The Morgan fingerprint density at radius 1 is 0.776 bits per heavy atom. The van der Waals surface area contributed by atoms with E-state index in [9.17, 15) is 0 Å². The van der Waals surface area contributed by atoms with E-state index < -0.39 is 12.2 Å². The number of benzene rings is 2. The molecule has 0 radical (unpaired) electrons. The minimum Gasteiger partial charge on any atom is -0.494 e. The second-order valence-corrected chi connectivity index (χ2v) is 13.4. The predicted octanol–water partition coefficient (Wildman–Crippen LogP) is 9.22. The van der Waals surface area contributed by atoms with Gasteiger partial charge in [0.2, 0.25) is 0 Å². The van der Waals surface area contributed by atoms with Crippen molar-refractivity contribution in [1.82, 2.24) is 0 Å². The molecule has 8 nitrogen and oxygen atoms in total. The van der Waals surface area contributed by atoms with Crippen LogP contribution in [0, 0.1) is 0 Å². The molecule has 2 aromatic carbocycles. The highest BCUT2D eigenvalue weighted by molar-refractivity contribution is 6.33. The van der Waals surface area contributed by atoms with Gasteiger partial charge in [0.05, 0.1) is 18.2 Å². The van der Waals surface area contributed by atoms with Crippen LogP contribution in [0.1, 0.15) is 120 Å². The Kier molecular flexibility index (Phi) is 17.5. The molecule has 0 bridgehead atoms. The summed E-state index contributed by atoms with van der Waals surface area (Å²) in [6.07, 6.45) is 6.33. The third kappa shape index (κ3) is 10.8. The SMILES string of the molecule is CCCCOC[C@H]1OC(c2cc(Cc3ccc(OCC)cc3)c(Cl)c3c2C(OC)CO3)[C@H](OCCCC)[C@@H](OCCCC)[C@@H]1OCCCC. The van der Waals surface area contributed by atoms with Crippen LogP contribution >= 0.6 is 11.6 Å². The number of halogens is 1. The molecule has 0 N–H and O–H groups in total. The Hall–Kier alpha value is -1.91. The van der Waals surface area contributed by atoms with Crippen molar-refractivity contribution in [3.63, 3.8) is 0 Å². The van der Waals surface area contributed by atoms with Crippen molar-refractivity contribution in [1.29, 1.82) is 0 Å². The van der Waals surface area contributed by atoms with Gasteiger partial charge in [-0.1, -0.05) is 83.2 Å². The normalized spacial score (nSPS) is 23.4. The minimum absolute atomic E-state index is 0.292. The fourth-order valence-electron chi connectivity index (χ4n) is 6.49. The van der Waals surface area contributed by atoms with Gasteiger partial charge in [0, 0.05) is 39.1 Å². The monoisotopic (exact) mass is 704 g/mol. The molecule has 276 valence electrons. The Labute approximate surface area is 300 Å². The zero-order valence-corrected chi connectivity index (χ0v) is 31.6. The van der Waals surface area contributed by atoms with E-state index in [-0.39, 0.29) is 24.4 Å². The Morgan fingerprint density at radius 2 is 1.39 bits per heavy atom. The van der Waals surface area contributed by atoms with Gasteiger partial charge in [0.25, 0.3) is 0 Å². The molecule has 4 rings (SSSR count). The van der Waals surface area contributed by atoms with E-state index in [1.165, 1.54) is 0 Å². The van der Waals surface area contributed by atoms with Gasteiger partial charge in [-0.05, 0) is 67.9 Å². The van der Waals surface area contributed by atoms with Crippen LogP contribution in [0.15, 0.2) is 30.3 Å². The predicted molar refractivity (Wildman–Crippen MR) is 194 cm³/mol. The number of rotatable bonds is 23. The molecule has 2 aliphatic rings. The summed E-state index contributed by atoms with van der Waals surface area (Å²) >= 11 is 7.15. The molecular weight excluding hydrogens is 644 g/mol. The van der Waals surface area contributed by atoms with Crippen molar-refractivity contribution in [2.75, 3.05) is 53.4 Å². The summed E-state index contributed by atoms with van der Waals surface area (Å²) in [6, 6.07) is 10.3. The van der Waals surface area contributed by atoms with Crippen molar-refractivity contribution >= 4 is 11.6 Å². The quantitative estimate of drug-likeness (QED) is 0.106. The summed E-state index contributed by atoms with van der Waals surface area (Å²) in [5.74, 6) is 1.50. The molecule has 1 saturated heterocycles. The molecule has 0 aromatic heterocycles. The van der Waals surface area contributed by atoms with Crippen molar-refractivity contribution in [3.05, 3.63) is 57.6 Å². The number of methoxy groups -OCH3 is 1. The van der Waals surface area contributed by atoms with Crippen LogP contribution in [-0.2, 0) is 34.8 Å². The van der Waals surface area contributed by atoms with Crippen molar-refractivity contribution in [2.45, 2.75) is 129 Å². The van der Waals surface area contributed by atoms with Crippen LogP contribution in [0.3, 0.4) is 0 Å². The minimum atomic E-state index is -0.487. The standard InChI is InChI=1S/C40H61ClO8/c1-7-12-20-43-26-33-37(45-21-13-8-2)40(47-23-15-10-4)39(46-22-14-9-3)36(49-33)31-25-29(24-28-16-18-30(19-17-28)44-11-5)35(41)38-34(31)32(42-6)27-48-38/h16-19,25,32-33,36-37,39-40H,7-15,20-24,26-27H2,1-6H3/t32?,33-,36?,37-,39+,40+/m1/s1. The molecule has 1 fully saturated rings. The van der Waals surface area contributed by atoms with Gasteiger partial charge in [-0.3, -0.25) is 0 Å². The van der Waals surface area contributed by atoms with E-state index in [0.717, 1.165) is 79.4 Å². The van der Waals surface area contributed by atoms with Crippen LogP contribution in [0.25, 0.3) is 0 Å². The third-order valence-electron chi connectivity index (χ3n) is 9.27. The molecule has 9 heteroatoms. The number of unbranched alkanes of at least 4 members (excludes halogenated alkanes) is 4. The van der Waals surface area contributed by atoms with Crippen LogP contribution in [0.5, 0.6) is 11.5 Å². The van der Waals surface area contributed by atoms with Crippen LogP contribution < -0.4 is 9.47 Å². The first-order chi connectivity index (χ1) is 24.0. The highest BCUT2D eigenvalue weighted by atomic mass is 35.5. The van der Waals surface area contributed by atoms with Crippen molar-refractivity contribution < 1.29 is 37.9 Å². The second kappa shape index (κ2) is 21.5. The Balaban J connectivity index is 1.81.